The van der Waals surface area contributed by atoms with E-state index < -0.39 is 17.7 Å². The minimum Gasteiger partial charge on any atom is -0.507 e. The number of thioether (sulfide) groups is 1. The van der Waals surface area contributed by atoms with Crippen molar-refractivity contribution in [1.82, 2.24) is 10.2 Å². The van der Waals surface area contributed by atoms with Crippen LogP contribution in [0.15, 0.2) is 95.4 Å². The Morgan fingerprint density at radius 3 is 2.79 bits per heavy atom. The maximum absolute atomic E-state index is 13.6. The molecular formula is C32H27N3O5S2. The Labute approximate surface area is 251 Å². The molecule has 0 radical (unpaired) electrons. The van der Waals surface area contributed by atoms with Crippen LogP contribution >= 0.6 is 23.1 Å². The van der Waals surface area contributed by atoms with E-state index in [-0.39, 0.29) is 29.2 Å². The number of carbonyl (C=O) groups is 2. The Bertz CT molecular complexity index is 1700. The molecule has 42 heavy (non-hydrogen) atoms. The third-order valence-electron chi connectivity index (χ3n) is 6.96. The predicted molar refractivity (Wildman–Crippen MR) is 163 cm³/mol. The average molecular weight is 598 g/mol. The van der Waals surface area contributed by atoms with Gasteiger partial charge in [-0.3, -0.25) is 14.5 Å². The van der Waals surface area contributed by atoms with Gasteiger partial charge in [-0.15, -0.1) is 10.2 Å². The van der Waals surface area contributed by atoms with Gasteiger partial charge in [0.25, 0.3) is 5.78 Å². The summed E-state index contributed by atoms with van der Waals surface area (Å²) >= 11 is 2.72. The molecule has 0 spiro atoms. The Balaban J connectivity index is 1.41. The predicted octanol–water partition coefficient (Wildman–Crippen LogP) is 6.34. The third kappa shape index (κ3) is 5.43. The molecule has 1 fully saturated rings. The fourth-order valence-corrected chi connectivity index (χ4v) is 6.90. The summed E-state index contributed by atoms with van der Waals surface area (Å²) < 4.78 is 12.2. The third-order valence-corrected chi connectivity index (χ3v) is 9.09. The van der Waals surface area contributed by atoms with Crippen molar-refractivity contribution in [2.24, 2.45) is 0 Å². The summed E-state index contributed by atoms with van der Waals surface area (Å²) in [4.78, 5) is 28.6. The molecule has 0 saturated carbocycles. The molecule has 3 heterocycles. The fourth-order valence-electron chi connectivity index (χ4n) is 5.08. The molecule has 2 aliphatic heterocycles. The lowest BCUT2D eigenvalue weighted by atomic mass is 9.94. The molecule has 1 aromatic heterocycles. The summed E-state index contributed by atoms with van der Waals surface area (Å²) in [5.41, 5.74) is 3.06. The first-order valence-electron chi connectivity index (χ1n) is 13.4. The number of carbonyl (C=O) groups excluding carboxylic acids is 2. The molecular weight excluding hydrogens is 571 g/mol. The number of ketones is 1. The zero-order valence-electron chi connectivity index (χ0n) is 22.7. The van der Waals surface area contributed by atoms with Gasteiger partial charge in [-0.2, -0.15) is 0 Å². The number of benzene rings is 3. The van der Waals surface area contributed by atoms with Gasteiger partial charge in [-0.1, -0.05) is 78.2 Å². The van der Waals surface area contributed by atoms with Crippen LogP contribution in [0.3, 0.4) is 0 Å². The van der Waals surface area contributed by atoms with Crippen molar-refractivity contribution >= 4 is 45.7 Å². The number of Topliss-reactive ketones (excluding diaryl/α,β-unsaturated/α-hetero) is 1. The van der Waals surface area contributed by atoms with Gasteiger partial charge in [0.2, 0.25) is 5.13 Å². The molecule has 3 aromatic carbocycles. The number of aliphatic hydroxyl groups excluding tert-OH is 1. The van der Waals surface area contributed by atoms with E-state index >= 15 is 0 Å². The van der Waals surface area contributed by atoms with E-state index in [0.717, 1.165) is 16.9 Å². The normalized spacial score (nSPS) is 19.0. The second-order valence-corrected chi connectivity index (χ2v) is 12.1. The number of nitrogens with zero attached hydrogens (tertiary/aromatic N) is 3. The van der Waals surface area contributed by atoms with Crippen LogP contribution in [0.25, 0.3) is 5.76 Å². The summed E-state index contributed by atoms with van der Waals surface area (Å²) in [6.45, 7) is 5.96. The number of hydrogen-bond acceptors (Lipinski definition) is 9. The number of aliphatic hydroxyl groups is 1. The second-order valence-electron chi connectivity index (χ2n) is 9.92. The number of ether oxygens (including phenoxy) is 2. The number of rotatable bonds is 9. The highest BCUT2D eigenvalue weighted by Gasteiger charge is 2.48. The van der Waals surface area contributed by atoms with Gasteiger partial charge in [-0.05, 0) is 53.9 Å². The van der Waals surface area contributed by atoms with Crippen LogP contribution in [-0.2, 0) is 21.8 Å². The zero-order valence-corrected chi connectivity index (χ0v) is 24.4. The van der Waals surface area contributed by atoms with Gasteiger partial charge in [0.1, 0.15) is 30.0 Å². The molecule has 0 unspecified atom stereocenters. The minimum absolute atomic E-state index is 0.0210. The van der Waals surface area contributed by atoms with Crippen molar-refractivity contribution in [3.63, 3.8) is 0 Å². The zero-order chi connectivity index (χ0) is 29.2. The molecule has 4 aromatic rings. The highest BCUT2D eigenvalue weighted by molar-refractivity contribution is 8.00. The topological polar surface area (TPSA) is 102 Å². The Morgan fingerprint density at radius 2 is 1.98 bits per heavy atom. The molecule has 0 bridgehead atoms. The first kappa shape index (κ1) is 27.7. The molecule has 1 saturated heterocycles. The average Bonchev–Trinajstić information content (AvgIpc) is 3.70. The Kier molecular flexibility index (Phi) is 7.82. The molecule has 0 aliphatic carbocycles. The summed E-state index contributed by atoms with van der Waals surface area (Å²) in [5, 5.41) is 20.4. The number of hydrogen-bond donors (Lipinski definition) is 1. The van der Waals surface area contributed by atoms with Crippen LogP contribution in [0.4, 0.5) is 5.13 Å². The maximum atomic E-state index is 13.6. The van der Waals surface area contributed by atoms with Crippen LogP contribution in [0.1, 0.15) is 35.2 Å². The second kappa shape index (κ2) is 11.8. The van der Waals surface area contributed by atoms with Crippen LogP contribution in [0, 0.1) is 0 Å². The molecule has 1 amide bonds. The van der Waals surface area contributed by atoms with Gasteiger partial charge < -0.3 is 14.6 Å². The van der Waals surface area contributed by atoms with Crippen molar-refractivity contribution in [2.75, 3.05) is 11.5 Å². The molecule has 2 aliphatic rings. The van der Waals surface area contributed by atoms with Crippen molar-refractivity contribution in [2.45, 2.75) is 35.6 Å². The van der Waals surface area contributed by atoms with E-state index in [1.807, 2.05) is 43.3 Å². The van der Waals surface area contributed by atoms with Gasteiger partial charge in [0.15, 0.2) is 4.34 Å². The van der Waals surface area contributed by atoms with Gasteiger partial charge in [0, 0.05) is 17.7 Å². The van der Waals surface area contributed by atoms with Crippen LogP contribution in [-0.4, -0.2) is 39.7 Å². The highest BCUT2D eigenvalue weighted by atomic mass is 32.2. The van der Waals surface area contributed by atoms with Crippen LogP contribution < -0.4 is 14.4 Å². The summed E-state index contributed by atoms with van der Waals surface area (Å²) in [7, 11) is 0. The monoisotopic (exact) mass is 597 g/mol. The quantitative estimate of drug-likeness (QED) is 0.0595. The number of aromatic nitrogens is 2. The SMILES string of the molecule is C=CCOc1cccc([C@H]2C(=C(O)c3ccc4c(c3)C[C@H](C)O4)C(=O)C(=O)N2c2nnc(SCc3ccccc3)s2)c1. The van der Waals surface area contributed by atoms with Crippen LogP contribution in [0.5, 0.6) is 11.5 Å². The Morgan fingerprint density at radius 1 is 1.14 bits per heavy atom. The summed E-state index contributed by atoms with van der Waals surface area (Å²) in [6, 6.07) is 21.4. The molecule has 1 N–H and O–H groups in total. The first-order chi connectivity index (χ1) is 20.4. The summed E-state index contributed by atoms with van der Waals surface area (Å²) in [5.74, 6) is 0.127. The summed E-state index contributed by atoms with van der Waals surface area (Å²) in [6.07, 6.45) is 2.34. The van der Waals surface area contributed by atoms with E-state index in [4.69, 9.17) is 9.47 Å². The minimum atomic E-state index is -0.944. The van der Waals surface area contributed by atoms with E-state index in [1.54, 1.807) is 42.5 Å². The first-order valence-corrected chi connectivity index (χ1v) is 15.2. The standard InChI is InChI=1S/C32H27N3O5S2/c1-3-14-39-24-11-7-10-21(17-24)27-26(28(36)22-12-13-25-23(16-22)15-19(2)40-25)29(37)30(38)35(27)31-33-34-32(42-31)41-18-20-8-5-4-6-9-20/h3-13,16-17,19,27,36H,1,14-15,18H2,2H3/t19-,27-/m0/s1. The van der Waals surface area contributed by atoms with Crippen LogP contribution in [0.2, 0.25) is 0 Å². The van der Waals surface area contributed by atoms with E-state index in [0.29, 0.717) is 33.4 Å². The lowest BCUT2D eigenvalue weighted by molar-refractivity contribution is -0.132. The number of amides is 1. The van der Waals surface area contributed by atoms with Gasteiger partial charge >= 0.3 is 5.91 Å². The largest absolute Gasteiger partial charge is 0.507 e. The van der Waals surface area contributed by atoms with Crippen molar-refractivity contribution < 1.29 is 24.2 Å². The molecule has 10 heteroatoms. The lowest BCUT2D eigenvalue weighted by Crippen LogP contribution is -2.29. The van der Waals surface area contributed by atoms with Gasteiger partial charge in [-0.25, -0.2) is 0 Å². The van der Waals surface area contributed by atoms with E-state index in [9.17, 15) is 14.7 Å². The van der Waals surface area contributed by atoms with E-state index in [2.05, 4.69) is 16.8 Å². The molecule has 2 atom stereocenters. The number of fused-ring (bicyclic) bond motifs is 1. The van der Waals surface area contributed by atoms with E-state index in [1.165, 1.54) is 28.0 Å². The lowest BCUT2D eigenvalue weighted by Gasteiger charge is -2.23. The fraction of sp³-hybridized carbons (Fsp3) is 0.188. The number of anilines is 1. The maximum Gasteiger partial charge on any atom is 0.301 e. The van der Waals surface area contributed by atoms with Gasteiger partial charge in [0.05, 0.1) is 11.6 Å². The highest BCUT2D eigenvalue weighted by Crippen LogP contribution is 2.45. The molecule has 6 rings (SSSR count). The Hall–Kier alpha value is -4.41. The van der Waals surface area contributed by atoms with Crippen molar-refractivity contribution in [3.05, 3.63) is 113 Å². The molecule has 8 nitrogen and oxygen atoms in total. The molecule has 212 valence electrons. The smallest absolute Gasteiger partial charge is 0.301 e. The van der Waals surface area contributed by atoms with Crippen molar-refractivity contribution in [1.29, 1.82) is 0 Å². The van der Waals surface area contributed by atoms with Crippen molar-refractivity contribution in [3.8, 4) is 11.5 Å².